The van der Waals surface area contributed by atoms with Crippen molar-refractivity contribution >= 4 is 17.9 Å². The first-order valence-electron chi connectivity index (χ1n) is 7.71. The van der Waals surface area contributed by atoms with Crippen LogP contribution in [0.4, 0.5) is 0 Å². The number of esters is 1. The molecule has 0 aromatic rings. The van der Waals surface area contributed by atoms with Crippen LogP contribution >= 0.6 is 0 Å². The predicted octanol–water partition coefficient (Wildman–Crippen LogP) is -0.599. The molecule has 0 bridgehead atoms. The number of aliphatic carboxylic acids is 2. The molecule has 146 valence electrons. The van der Waals surface area contributed by atoms with Crippen LogP contribution < -0.4 is 0 Å². The highest BCUT2D eigenvalue weighted by atomic mass is 16.6. The fraction of sp³-hybridized carbons (Fsp3) is 0.800. The highest BCUT2D eigenvalue weighted by molar-refractivity contribution is 5.88. The number of rotatable bonds is 13. The van der Waals surface area contributed by atoms with E-state index >= 15 is 0 Å². The smallest absolute Gasteiger partial charge is 0.336 e. The minimum atomic E-state index is -2.73. The minimum absolute atomic E-state index is 0.00575. The van der Waals surface area contributed by atoms with Crippen LogP contribution in [0.2, 0.25) is 0 Å². The molecule has 0 heterocycles. The number of carboxylic acids is 2. The lowest BCUT2D eigenvalue weighted by Crippen LogP contribution is -2.43. The van der Waals surface area contributed by atoms with E-state index in [2.05, 4.69) is 0 Å². The molecule has 4 unspecified atom stereocenters. The summed E-state index contributed by atoms with van der Waals surface area (Å²) in [4.78, 5) is 33.3. The first-order valence-corrected chi connectivity index (χ1v) is 7.71. The molecule has 0 fully saturated rings. The molecule has 25 heavy (non-hydrogen) atoms. The highest BCUT2D eigenvalue weighted by Crippen LogP contribution is 2.17. The Morgan fingerprint density at radius 3 is 1.92 bits per heavy atom. The third-order valence-corrected chi connectivity index (χ3v) is 3.10. The number of hydrogen-bond donors (Lipinski definition) is 4. The normalized spacial score (nSPS) is 17.2. The summed E-state index contributed by atoms with van der Waals surface area (Å²) in [6, 6.07) is 0. The van der Waals surface area contributed by atoms with Gasteiger partial charge in [-0.25, -0.2) is 4.79 Å². The second kappa shape index (κ2) is 11.0. The van der Waals surface area contributed by atoms with Crippen molar-refractivity contribution < 1.29 is 49.0 Å². The Kier molecular flexibility index (Phi) is 10.2. The third-order valence-electron chi connectivity index (χ3n) is 3.10. The van der Waals surface area contributed by atoms with Crippen molar-refractivity contribution in [1.82, 2.24) is 0 Å². The van der Waals surface area contributed by atoms with E-state index in [9.17, 15) is 19.5 Å². The van der Waals surface area contributed by atoms with Gasteiger partial charge in [-0.2, -0.15) is 0 Å². The molecule has 0 aliphatic heterocycles. The van der Waals surface area contributed by atoms with Gasteiger partial charge in [0.15, 0.2) is 5.60 Å². The summed E-state index contributed by atoms with van der Waals surface area (Å²) >= 11 is 0. The van der Waals surface area contributed by atoms with Gasteiger partial charge in [-0.15, -0.1) is 0 Å². The quantitative estimate of drug-likeness (QED) is 0.310. The summed E-state index contributed by atoms with van der Waals surface area (Å²) in [5.74, 6) is -4.43. The Labute approximate surface area is 145 Å². The molecule has 0 spiro atoms. The highest BCUT2D eigenvalue weighted by Gasteiger charge is 2.41. The van der Waals surface area contributed by atoms with Crippen LogP contribution in [-0.4, -0.2) is 82.1 Å². The van der Waals surface area contributed by atoms with Gasteiger partial charge < -0.3 is 34.6 Å². The van der Waals surface area contributed by atoms with Crippen LogP contribution in [0.25, 0.3) is 0 Å². The Morgan fingerprint density at radius 1 is 0.920 bits per heavy atom. The molecule has 10 heteroatoms. The van der Waals surface area contributed by atoms with Crippen LogP contribution in [0.15, 0.2) is 0 Å². The zero-order valence-electron chi connectivity index (χ0n) is 14.5. The van der Waals surface area contributed by atoms with Gasteiger partial charge in [0, 0.05) is 0 Å². The average molecular weight is 366 g/mol. The molecule has 0 aliphatic carbocycles. The molecular weight excluding hydrogens is 340 g/mol. The maximum atomic E-state index is 11.7. The van der Waals surface area contributed by atoms with Gasteiger partial charge in [0.05, 0.1) is 44.9 Å². The van der Waals surface area contributed by atoms with Crippen molar-refractivity contribution in [2.45, 2.75) is 57.5 Å². The molecule has 0 aromatic carbocycles. The fourth-order valence-corrected chi connectivity index (χ4v) is 1.70. The maximum Gasteiger partial charge on any atom is 0.336 e. The lowest BCUT2D eigenvalue weighted by molar-refractivity contribution is -0.174. The Hall–Kier alpha value is -1.75. The van der Waals surface area contributed by atoms with Gasteiger partial charge in [-0.05, 0) is 20.8 Å². The summed E-state index contributed by atoms with van der Waals surface area (Å²) < 4.78 is 15.6. The number of aliphatic hydroxyl groups excluding tert-OH is 1. The van der Waals surface area contributed by atoms with Gasteiger partial charge in [-0.1, -0.05) is 0 Å². The second-order valence-corrected chi connectivity index (χ2v) is 5.85. The van der Waals surface area contributed by atoms with Gasteiger partial charge in [0.25, 0.3) is 0 Å². The van der Waals surface area contributed by atoms with Crippen LogP contribution in [0.1, 0.15) is 33.6 Å². The summed E-state index contributed by atoms with van der Waals surface area (Å²) in [7, 11) is 0. The molecule has 0 amide bonds. The number of ether oxygens (including phenoxy) is 3. The lowest BCUT2D eigenvalue weighted by Gasteiger charge is -2.22. The lowest BCUT2D eigenvalue weighted by atomic mass is 9.96. The van der Waals surface area contributed by atoms with Gasteiger partial charge in [-0.3, -0.25) is 9.59 Å². The van der Waals surface area contributed by atoms with E-state index in [4.69, 9.17) is 29.5 Å². The average Bonchev–Trinajstić information content (AvgIpc) is 2.49. The largest absolute Gasteiger partial charge is 0.481 e. The summed E-state index contributed by atoms with van der Waals surface area (Å²) in [5, 5.41) is 36.1. The first-order chi connectivity index (χ1) is 11.5. The van der Waals surface area contributed by atoms with Crippen molar-refractivity contribution in [1.29, 1.82) is 0 Å². The maximum absolute atomic E-state index is 11.7. The molecule has 10 nitrogen and oxygen atoms in total. The number of carbonyl (C=O) groups excluding carboxylic acids is 1. The van der Waals surface area contributed by atoms with E-state index in [1.165, 1.54) is 6.92 Å². The molecular formula is C15H26O10. The summed E-state index contributed by atoms with van der Waals surface area (Å²) in [5.41, 5.74) is -2.73. The second-order valence-electron chi connectivity index (χ2n) is 5.85. The van der Waals surface area contributed by atoms with Crippen molar-refractivity contribution in [2.75, 3.05) is 19.8 Å². The van der Waals surface area contributed by atoms with Gasteiger partial charge in [0.1, 0.15) is 6.10 Å². The number of carbonyl (C=O) groups is 3. The van der Waals surface area contributed by atoms with Crippen molar-refractivity contribution in [3.05, 3.63) is 0 Å². The minimum Gasteiger partial charge on any atom is -0.481 e. The van der Waals surface area contributed by atoms with Crippen LogP contribution in [0.3, 0.4) is 0 Å². The van der Waals surface area contributed by atoms with Gasteiger partial charge in [0.2, 0.25) is 0 Å². The van der Waals surface area contributed by atoms with Gasteiger partial charge >= 0.3 is 17.9 Å². The third kappa shape index (κ3) is 9.97. The molecule has 4 atom stereocenters. The van der Waals surface area contributed by atoms with Crippen molar-refractivity contribution in [3.8, 4) is 0 Å². The number of hydrogen-bond acceptors (Lipinski definition) is 8. The Morgan fingerprint density at radius 2 is 1.44 bits per heavy atom. The zero-order valence-corrected chi connectivity index (χ0v) is 14.5. The van der Waals surface area contributed by atoms with E-state index in [-0.39, 0.29) is 32.0 Å². The van der Waals surface area contributed by atoms with Crippen molar-refractivity contribution in [3.63, 3.8) is 0 Å². The molecule has 0 radical (unpaired) electrons. The Balaban J connectivity index is 4.32. The SMILES string of the molecule is CC(CO)OCC(C)OCC(C)OC(=O)CC(O)(CC(=O)O)C(=O)O. The Bertz CT molecular complexity index is 452. The molecule has 0 aliphatic rings. The first kappa shape index (κ1) is 23.2. The van der Waals surface area contributed by atoms with E-state index in [1.54, 1.807) is 13.8 Å². The molecule has 0 saturated heterocycles. The van der Waals surface area contributed by atoms with Crippen LogP contribution in [-0.2, 0) is 28.6 Å². The fourth-order valence-electron chi connectivity index (χ4n) is 1.70. The molecule has 4 N–H and O–H groups in total. The van der Waals surface area contributed by atoms with Crippen LogP contribution in [0.5, 0.6) is 0 Å². The summed E-state index contributed by atoms with van der Waals surface area (Å²) in [6.07, 6.45) is -3.53. The standard InChI is InChI=1S/C15H26O10/c1-9(6-16)23-7-10(2)24-8-11(3)25-13(19)5-15(22,14(20)21)4-12(17)18/h9-11,16,22H,4-8H2,1-3H3,(H,17,18)(H,20,21). The van der Waals surface area contributed by atoms with E-state index in [1.807, 2.05) is 0 Å². The molecule has 0 rings (SSSR count). The predicted molar refractivity (Wildman–Crippen MR) is 82.9 cm³/mol. The number of aliphatic hydroxyl groups is 2. The van der Waals surface area contributed by atoms with Crippen molar-refractivity contribution in [2.24, 2.45) is 0 Å². The number of carboxylic acid groups (broad SMARTS) is 2. The zero-order chi connectivity index (χ0) is 19.6. The molecule has 0 aromatic heterocycles. The van der Waals surface area contributed by atoms with E-state index < -0.39 is 42.5 Å². The van der Waals surface area contributed by atoms with Crippen LogP contribution in [0, 0.1) is 0 Å². The monoisotopic (exact) mass is 366 g/mol. The van der Waals surface area contributed by atoms with E-state index in [0.29, 0.717) is 0 Å². The summed E-state index contributed by atoms with van der Waals surface area (Å²) in [6.45, 7) is 5.00. The topological polar surface area (TPSA) is 160 Å². The molecule has 0 saturated carbocycles. The van der Waals surface area contributed by atoms with E-state index in [0.717, 1.165) is 0 Å².